The number of hydrazine groups is 1. The van der Waals surface area contributed by atoms with Crippen molar-refractivity contribution in [2.75, 3.05) is 6.54 Å². The number of carbonyl (C=O) groups excluding carboxylic acids is 1. The van der Waals surface area contributed by atoms with Crippen molar-refractivity contribution in [3.8, 4) is 0 Å². The smallest absolute Gasteiger partial charge is 0.411 e. The molecule has 0 radical (unpaired) electrons. The minimum Gasteiger partial charge on any atom is -0.444 e. The molecular formula is C23H30F2N4O4S. The lowest BCUT2D eigenvalue weighted by atomic mass is 9.96. The van der Waals surface area contributed by atoms with Crippen molar-refractivity contribution < 1.29 is 26.7 Å². The lowest BCUT2D eigenvalue weighted by Crippen LogP contribution is -2.57. The molecule has 3 N–H and O–H groups in total. The zero-order valence-electron chi connectivity index (χ0n) is 19.5. The van der Waals surface area contributed by atoms with Gasteiger partial charge in [-0.05, 0) is 51.0 Å². The number of nitrogens with one attached hydrogen (secondary N) is 3. The van der Waals surface area contributed by atoms with Crippen LogP contribution in [0.5, 0.6) is 0 Å². The van der Waals surface area contributed by atoms with E-state index in [1.54, 1.807) is 57.2 Å². The minimum atomic E-state index is -3.83. The molecule has 1 saturated heterocycles. The van der Waals surface area contributed by atoms with Gasteiger partial charge in [0.05, 0.1) is 11.4 Å². The largest absolute Gasteiger partial charge is 0.444 e. The van der Waals surface area contributed by atoms with Crippen LogP contribution >= 0.6 is 0 Å². The van der Waals surface area contributed by atoms with Gasteiger partial charge in [0.15, 0.2) is 12.6 Å². The number of alkyl halides is 2. The standard InChI is InChI=1S/C23H30F2N4O4S/c1-15-9-11-17(12-10-15)34(31,32)28-26-13-16-7-5-6-8-18(16)20-21(25)27-19(24)14-29(20)22(30)33-23(2,3)4/h5-12,19-21,26-28H,13-14H2,1-4H3. The summed E-state index contributed by atoms with van der Waals surface area (Å²) >= 11 is 0. The first kappa shape index (κ1) is 26.0. The molecule has 0 spiro atoms. The van der Waals surface area contributed by atoms with E-state index in [1.807, 2.05) is 6.92 Å². The fraction of sp³-hybridized carbons (Fsp3) is 0.435. The Bertz CT molecular complexity index is 1110. The number of benzene rings is 2. The van der Waals surface area contributed by atoms with Gasteiger partial charge < -0.3 is 4.74 Å². The maximum Gasteiger partial charge on any atom is 0.411 e. The molecule has 0 bridgehead atoms. The van der Waals surface area contributed by atoms with E-state index in [2.05, 4.69) is 15.6 Å². The maximum absolute atomic E-state index is 15.0. The fourth-order valence-corrected chi connectivity index (χ4v) is 4.46. The molecule has 1 fully saturated rings. The van der Waals surface area contributed by atoms with Crippen LogP contribution in [0.25, 0.3) is 0 Å². The Morgan fingerprint density at radius 3 is 2.44 bits per heavy atom. The molecule has 1 heterocycles. The molecular weight excluding hydrogens is 466 g/mol. The third-order valence-electron chi connectivity index (χ3n) is 5.13. The predicted octanol–water partition coefficient (Wildman–Crippen LogP) is 3.45. The number of aryl methyl sites for hydroxylation is 1. The van der Waals surface area contributed by atoms with Crippen LogP contribution in [0.4, 0.5) is 13.6 Å². The summed E-state index contributed by atoms with van der Waals surface area (Å²) in [6.45, 7) is 6.44. The molecule has 2 aromatic carbocycles. The highest BCUT2D eigenvalue weighted by molar-refractivity contribution is 7.89. The number of piperazine rings is 1. The van der Waals surface area contributed by atoms with E-state index >= 15 is 4.39 Å². The van der Waals surface area contributed by atoms with Crippen molar-refractivity contribution in [1.29, 1.82) is 0 Å². The third-order valence-corrected chi connectivity index (χ3v) is 6.43. The van der Waals surface area contributed by atoms with Gasteiger partial charge in [0.1, 0.15) is 11.6 Å². The zero-order valence-corrected chi connectivity index (χ0v) is 20.3. The van der Waals surface area contributed by atoms with Crippen LogP contribution in [0.3, 0.4) is 0 Å². The number of hydrogen-bond acceptors (Lipinski definition) is 6. The summed E-state index contributed by atoms with van der Waals surface area (Å²) in [4.78, 5) is 16.2. The second-order valence-corrected chi connectivity index (χ2v) is 10.8. The second-order valence-electron chi connectivity index (χ2n) is 9.08. The highest BCUT2D eigenvalue weighted by Crippen LogP contribution is 2.33. The van der Waals surface area contributed by atoms with E-state index in [9.17, 15) is 17.6 Å². The van der Waals surface area contributed by atoms with Gasteiger partial charge in [0.2, 0.25) is 0 Å². The third kappa shape index (κ3) is 6.50. The monoisotopic (exact) mass is 496 g/mol. The lowest BCUT2D eigenvalue weighted by molar-refractivity contribution is -0.0358. The fourth-order valence-electron chi connectivity index (χ4n) is 3.58. The Balaban J connectivity index is 1.80. The topological polar surface area (TPSA) is 99.8 Å². The van der Waals surface area contributed by atoms with Gasteiger partial charge in [-0.1, -0.05) is 42.0 Å². The highest BCUT2D eigenvalue weighted by Gasteiger charge is 2.42. The van der Waals surface area contributed by atoms with E-state index in [4.69, 9.17) is 4.74 Å². The van der Waals surface area contributed by atoms with E-state index in [0.717, 1.165) is 10.5 Å². The van der Waals surface area contributed by atoms with Crippen LogP contribution < -0.4 is 15.6 Å². The lowest BCUT2D eigenvalue weighted by Gasteiger charge is -2.41. The normalized spacial score (nSPS) is 21.4. The van der Waals surface area contributed by atoms with E-state index in [0.29, 0.717) is 11.1 Å². The van der Waals surface area contributed by atoms with Crippen molar-refractivity contribution in [3.05, 3.63) is 65.2 Å². The molecule has 1 aliphatic rings. The molecule has 11 heteroatoms. The number of ether oxygens (including phenoxy) is 1. The number of sulfonamides is 1. The summed E-state index contributed by atoms with van der Waals surface area (Å²) in [5.74, 6) is 0. The number of rotatable bonds is 6. The minimum absolute atomic E-state index is 0.00824. The molecule has 0 aliphatic carbocycles. The molecule has 186 valence electrons. The van der Waals surface area contributed by atoms with Crippen LogP contribution in [0.2, 0.25) is 0 Å². The molecule has 1 amide bonds. The number of hydrogen-bond donors (Lipinski definition) is 3. The van der Waals surface area contributed by atoms with Crippen molar-refractivity contribution in [2.24, 2.45) is 0 Å². The summed E-state index contributed by atoms with van der Waals surface area (Å²) in [7, 11) is -3.83. The Labute approximate surface area is 198 Å². The van der Waals surface area contributed by atoms with Crippen LogP contribution in [0, 0.1) is 6.92 Å². The number of amides is 1. The van der Waals surface area contributed by atoms with Crippen LogP contribution in [-0.4, -0.2) is 44.1 Å². The maximum atomic E-state index is 15.0. The van der Waals surface area contributed by atoms with Gasteiger partial charge in [-0.25, -0.2) is 27.4 Å². The van der Waals surface area contributed by atoms with Crippen LogP contribution in [0.15, 0.2) is 53.4 Å². The van der Waals surface area contributed by atoms with Crippen molar-refractivity contribution in [3.63, 3.8) is 0 Å². The first-order chi connectivity index (χ1) is 15.9. The Morgan fingerprint density at radius 2 is 1.79 bits per heavy atom. The summed E-state index contributed by atoms with van der Waals surface area (Å²) in [5, 5.41) is 2.19. The van der Waals surface area contributed by atoms with Crippen molar-refractivity contribution >= 4 is 16.1 Å². The molecule has 0 aromatic heterocycles. The van der Waals surface area contributed by atoms with Gasteiger partial charge in [0, 0.05) is 6.54 Å². The number of carbonyl (C=O) groups is 1. The average molecular weight is 497 g/mol. The molecule has 3 atom stereocenters. The quantitative estimate of drug-likeness (QED) is 0.419. The molecule has 3 unspecified atom stereocenters. The van der Waals surface area contributed by atoms with Gasteiger partial charge in [0.25, 0.3) is 10.0 Å². The molecule has 0 saturated carbocycles. The van der Waals surface area contributed by atoms with Crippen LogP contribution in [-0.2, 0) is 21.3 Å². The molecule has 3 rings (SSSR count). The SMILES string of the molecule is Cc1ccc(S(=O)(=O)NNCc2ccccc2C2C(F)NC(F)CN2C(=O)OC(C)(C)C)cc1. The van der Waals surface area contributed by atoms with Gasteiger partial charge >= 0.3 is 6.09 Å². The summed E-state index contributed by atoms with van der Waals surface area (Å²) in [5.41, 5.74) is 3.64. The Hall–Kier alpha value is -2.60. The average Bonchev–Trinajstić information content (AvgIpc) is 2.73. The molecule has 34 heavy (non-hydrogen) atoms. The Kier molecular flexibility index (Phi) is 7.91. The first-order valence-corrected chi connectivity index (χ1v) is 12.3. The van der Waals surface area contributed by atoms with E-state index in [-0.39, 0.29) is 11.4 Å². The van der Waals surface area contributed by atoms with E-state index in [1.165, 1.54) is 12.1 Å². The summed E-state index contributed by atoms with van der Waals surface area (Å²) < 4.78 is 59.6. The van der Waals surface area contributed by atoms with Gasteiger partial charge in [-0.2, -0.15) is 0 Å². The first-order valence-electron chi connectivity index (χ1n) is 10.8. The highest BCUT2D eigenvalue weighted by atomic mass is 32.2. The molecule has 8 nitrogen and oxygen atoms in total. The van der Waals surface area contributed by atoms with Crippen molar-refractivity contribution in [2.45, 2.75) is 63.4 Å². The summed E-state index contributed by atoms with van der Waals surface area (Å²) in [6, 6.07) is 11.8. The van der Waals surface area contributed by atoms with Gasteiger partial charge in [-0.3, -0.25) is 10.2 Å². The predicted molar refractivity (Wildman–Crippen MR) is 123 cm³/mol. The second kappa shape index (κ2) is 10.3. The van der Waals surface area contributed by atoms with E-state index < -0.39 is 46.9 Å². The summed E-state index contributed by atoms with van der Waals surface area (Å²) in [6.07, 6.45) is -4.50. The number of nitrogens with zero attached hydrogens (tertiary/aromatic N) is 1. The van der Waals surface area contributed by atoms with Crippen molar-refractivity contribution in [1.82, 2.24) is 20.5 Å². The van der Waals surface area contributed by atoms with Gasteiger partial charge in [-0.15, -0.1) is 4.83 Å². The Morgan fingerprint density at radius 1 is 1.15 bits per heavy atom. The van der Waals surface area contributed by atoms with Crippen LogP contribution in [0.1, 0.15) is 43.5 Å². The zero-order chi connectivity index (χ0) is 25.1. The molecule has 1 aliphatic heterocycles. The number of halogens is 2. The molecule has 2 aromatic rings.